The molecule has 0 spiro atoms. The number of carbonyl (C=O) groups is 2. The van der Waals surface area contributed by atoms with Crippen molar-refractivity contribution in [2.45, 2.75) is 44.6 Å². The molecule has 2 atom stereocenters. The van der Waals surface area contributed by atoms with Crippen LogP contribution in [0.5, 0.6) is 0 Å². The number of likely N-dealkylation sites (tertiary alicyclic amines) is 1. The van der Waals surface area contributed by atoms with E-state index in [0.717, 1.165) is 0 Å². The molecule has 2 aromatic rings. The second kappa shape index (κ2) is 6.85. The summed E-state index contributed by atoms with van der Waals surface area (Å²) in [4.78, 5) is 30.1. The Bertz CT molecular complexity index is 1010. The zero-order chi connectivity index (χ0) is 21.0. The van der Waals surface area contributed by atoms with Crippen LogP contribution in [-0.2, 0) is 15.2 Å². The average molecular weight is 399 g/mol. The van der Waals surface area contributed by atoms with E-state index < -0.39 is 22.8 Å². The highest BCUT2D eigenvalue weighted by atomic mass is 19.1. The van der Waals surface area contributed by atoms with E-state index in [9.17, 15) is 14.7 Å². The molecule has 2 fully saturated rings. The number of rotatable bonds is 2. The Kier molecular flexibility index (Phi) is 4.70. The van der Waals surface area contributed by atoms with Crippen LogP contribution < -0.4 is 5.32 Å². The summed E-state index contributed by atoms with van der Waals surface area (Å²) in [6, 6.07) is 4.98. The van der Waals surface area contributed by atoms with E-state index in [1.165, 1.54) is 0 Å². The first-order chi connectivity index (χ1) is 13.6. The van der Waals surface area contributed by atoms with Crippen LogP contribution in [0.25, 0.3) is 10.9 Å². The maximum absolute atomic E-state index is 15.7. The monoisotopic (exact) mass is 399 g/mol. The Balaban J connectivity index is 1.79. The molecule has 7 heteroatoms. The number of piperidine rings is 2. The molecule has 0 saturated carbocycles. The number of nitrogens with zero attached hydrogens (tertiary/aromatic N) is 2. The van der Waals surface area contributed by atoms with Gasteiger partial charge in [-0.25, -0.2) is 4.39 Å². The van der Waals surface area contributed by atoms with Crippen LogP contribution in [-0.4, -0.2) is 46.9 Å². The molecular formula is C22H26FN3O3. The highest BCUT2D eigenvalue weighted by molar-refractivity contribution is 6.01. The van der Waals surface area contributed by atoms with Gasteiger partial charge in [-0.1, -0.05) is 19.9 Å². The van der Waals surface area contributed by atoms with Gasteiger partial charge in [-0.2, -0.15) is 0 Å². The Labute approximate surface area is 169 Å². The van der Waals surface area contributed by atoms with Gasteiger partial charge in [-0.05, 0) is 37.6 Å². The van der Waals surface area contributed by atoms with Gasteiger partial charge in [0.25, 0.3) is 0 Å². The lowest BCUT2D eigenvalue weighted by molar-refractivity contribution is -0.134. The van der Waals surface area contributed by atoms with Crippen LogP contribution in [0.2, 0.25) is 0 Å². The summed E-state index contributed by atoms with van der Waals surface area (Å²) >= 11 is 0. The van der Waals surface area contributed by atoms with Gasteiger partial charge >= 0.3 is 0 Å². The number of fused-ring (bicyclic) bond motifs is 1. The van der Waals surface area contributed by atoms with Crippen molar-refractivity contribution in [1.82, 2.24) is 15.2 Å². The predicted octanol–water partition coefficient (Wildman–Crippen LogP) is 2.44. The molecule has 0 radical (unpaired) electrons. The number of imide groups is 1. The number of carbonyl (C=O) groups excluding carboxylic acids is 2. The van der Waals surface area contributed by atoms with Crippen molar-refractivity contribution >= 4 is 22.7 Å². The number of hydrogen-bond acceptors (Lipinski definition) is 5. The molecular weight excluding hydrogens is 373 g/mol. The summed E-state index contributed by atoms with van der Waals surface area (Å²) in [6.07, 6.45) is 2.62. The number of aromatic nitrogens is 1. The molecule has 1 aromatic heterocycles. The van der Waals surface area contributed by atoms with Crippen LogP contribution in [0.15, 0.2) is 24.4 Å². The molecule has 6 nitrogen and oxygen atoms in total. The van der Waals surface area contributed by atoms with E-state index in [2.05, 4.69) is 15.2 Å². The van der Waals surface area contributed by atoms with Crippen LogP contribution in [0, 0.1) is 11.2 Å². The lowest BCUT2D eigenvalue weighted by Gasteiger charge is -2.50. The minimum absolute atomic E-state index is 0.248. The summed E-state index contributed by atoms with van der Waals surface area (Å²) in [5, 5.41) is 14.1. The van der Waals surface area contributed by atoms with Crippen molar-refractivity contribution in [3.05, 3.63) is 41.3 Å². The fourth-order valence-corrected chi connectivity index (χ4v) is 4.78. The lowest BCUT2D eigenvalue weighted by atomic mass is 9.66. The number of hydrogen-bond donors (Lipinski definition) is 2. The van der Waals surface area contributed by atoms with E-state index in [4.69, 9.17) is 0 Å². The maximum Gasteiger partial charge on any atom is 0.234 e. The lowest BCUT2D eigenvalue weighted by Crippen LogP contribution is -2.54. The van der Waals surface area contributed by atoms with Gasteiger partial charge in [0.2, 0.25) is 11.8 Å². The molecule has 4 rings (SSSR count). The SMILES string of the molecule is CN1CCC(O)(c2ccc3ncc(C4CCC(=O)NC4=O)cc3c2F)C(C)(C)C1. The Morgan fingerprint density at radius 2 is 2.07 bits per heavy atom. The van der Waals surface area contributed by atoms with Crippen molar-refractivity contribution in [1.29, 1.82) is 0 Å². The second-order valence-corrected chi connectivity index (χ2v) is 9.00. The number of nitrogens with one attached hydrogen (secondary N) is 1. The van der Waals surface area contributed by atoms with E-state index in [0.29, 0.717) is 37.0 Å². The number of benzene rings is 1. The first kappa shape index (κ1) is 19.9. The van der Waals surface area contributed by atoms with Gasteiger partial charge in [-0.15, -0.1) is 0 Å². The average Bonchev–Trinajstić information content (AvgIpc) is 2.65. The minimum Gasteiger partial charge on any atom is -0.384 e. The molecule has 154 valence electrons. The van der Waals surface area contributed by atoms with E-state index in [1.807, 2.05) is 20.9 Å². The fourth-order valence-electron chi connectivity index (χ4n) is 4.78. The van der Waals surface area contributed by atoms with Gasteiger partial charge in [0, 0.05) is 42.1 Å². The van der Waals surface area contributed by atoms with Gasteiger partial charge < -0.3 is 10.0 Å². The zero-order valence-corrected chi connectivity index (χ0v) is 17.0. The third kappa shape index (κ3) is 3.22. The van der Waals surface area contributed by atoms with E-state index in [1.54, 1.807) is 24.4 Å². The number of halogens is 1. The van der Waals surface area contributed by atoms with Crippen LogP contribution in [0.4, 0.5) is 4.39 Å². The standard InChI is InChI=1S/C22H26FN3O3/c1-21(2)12-26(3)9-8-22(21,29)16-5-6-17-15(19(16)23)10-13(11-24-17)14-4-7-18(27)25-20(14)28/h5-6,10-11,14,29H,4,7-9,12H2,1-3H3,(H,25,27,28). The largest absolute Gasteiger partial charge is 0.384 e. The van der Waals surface area contributed by atoms with Crippen molar-refractivity contribution < 1.29 is 19.1 Å². The summed E-state index contributed by atoms with van der Waals surface area (Å²) in [7, 11) is 1.99. The van der Waals surface area contributed by atoms with Crippen molar-refractivity contribution in [2.24, 2.45) is 5.41 Å². The molecule has 2 unspecified atom stereocenters. The Morgan fingerprint density at radius 1 is 1.31 bits per heavy atom. The number of amides is 2. The third-order valence-corrected chi connectivity index (χ3v) is 6.55. The van der Waals surface area contributed by atoms with Gasteiger partial charge in [0.05, 0.1) is 17.0 Å². The van der Waals surface area contributed by atoms with Crippen molar-refractivity contribution in [3.8, 4) is 0 Å². The minimum atomic E-state index is -1.30. The molecule has 29 heavy (non-hydrogen) atoms. The normalized spacial score (nSPS) is 27.8. The smallest absolute Gasteiger partial charge is 0.234 e. The zero-order valence-electron chi connectivity index (χ0n) is 17.0. The number of aliphatic hydroxyl groups is 1. The quantitative estimate of drug-likeness (QED) is 0.758. The van der Waals surface area contributed by atoms with Crippen molar-refractivity contribution in [3.63, 3.8) is 0 Å². The summed E-state index contributed by atoms with van der Waals surface area (Å²) in [5.41, 5.74) is -0.527. The van der Waals surface area contributed by atoms with E-state index in [-0.39, 0.29) is 29.2 Å². The molecule has 2 aliphatic heterocycles. The summed E-state index contributed by atoms with van der Waals surface area (Å²) in [6.45, 7) is 5.22. The highest BCUT2D eigenvalue weighted by Gasteiger charge is 2.49. The fraction of sp³-hybridized carbons (Fsp3) is 0.500. The molecule has 2 N–H and O–H groups in total. The van der Waals surface area contributed by atoms with Gasteiger partial charge in [0.15, 0.2) is 0 Å². The first-order valence-electron chi connectivity index (χ1n) is 9.96. The van der Waals surface area contributed by atoms with Crippen LogP contribution in [0.3, 0.4) is 0 Å². The first-order valence-corrected chi connectivity index (χ1v) is 9.96. The highest BCUT2D eigenvalue weighted by Crippen LogP contribution is 2.47. The summed E-state index contributed by atoms with van der Waals surface area (Å²) < 4.78 is 15.7. The third-order valence-electron chi connectivity index (χ3n) is 6.55. The molecule has 2 amide bonds. The Morgan fingerprint density at radius 3 is 2.76 bits per heavy atom. The maximum atomic E-state index is 15.7. The summed E-state index contributed by atoms with van der Waals surface area (Å²) in [5.74, 6) is -1.70. The topological polar surface area (TPSA) is 82.5 Å². The molecule has 2 saturated heterocycles. The second-order valence-electron chi connectivity index (χ2n) is 9.00. The van der Waals surface area contributed by atoms with Gasteiger partial charge in [0.1, 0.15) is 5.82 Å². The number of pyridine rings is 1. The van der Waals surface area contributed by atoms with Crippen LogP contribution >= 0.6 is 0 Å². The van der Waals surface area contributed by atoms with Gasteiger partial charge in [-0.3, -0.25) is 19.9 Å². The predicted molar refractivity (Wildman–Crippen MR) is 107 cm³/mol. The molecule has 0 bridgehead atoms. The molecule has 0 aliphatic carbocycles. The van der Waals surface area contributed by atoms with E-state index >= 15 is 4.39 Å². The van der Waals surface area contributed by atoms with Crippen molar-refractivity contribution in [2.75, 3.05) is 20.1 Å². The van der Waals surface area contributed by atoms with Crippen LogP contribution in [0.1, 0.15) is 50.2 Å². The Hall–Kier alpha value is -2.38. The molecule has 2 aliphatic rings. The molecule has 1 aromatic carbocycles. The molecule has 3 heterocycles.